The number of rotatable bonds is 3. The smallest absolute Gasteiger partial charge is 0.161 e. The minimum atomic E-state index is 0.708. The molecule has 1 N–H and O–H groups in total. The van der Waals surface area contributed by atoms with Crippen LogP contribution in [0.15, 0.2) is 67.1 Å². The number of aromatic nitrogens is 3. The molecule has 1 aromatic carbocycles. The highest BCUT2D eigenvalue weighted by molar-refractivity contribution is 5.60. The van der Waals surface area contributed by atoms with Crippen LogP contribution in [0, 0.1) is 0 Å². The summed E-state index contributed by atoms with van der Waals surface area (Å²) in [4.78, 5) is 12.8. The summed E-state index contributed by atoms with van der Waals surface area (Å²) in [5, 5.41) is 3.22. The fraction of sp³-hybridized carbons (Fsp3) is 0. The van der Waals surface area contributed by atoms with E-state index >= 15 is 0 Å². The predicted molar refractivity (Wildman–Crippen MR) is 75.0 cm³/mol. The number of benzene rings is 1. The number of nitrogens with zero attached hydrogens (tertiary/aromatic N) is 3. The Bertz CT molecular complexity index is 653. The largest absolute Gasteiger partial charge is 0.340 e. The molecule has 0 amide bonds. The summed E-state index contributed by atoms with van der Waals surface area (Å²) in [5.74, 6) is 1.47. The monoisotopic (exact) mass is 248 g/mol. The van der Waals surface area contributed by atoms with Crippen LogP contribution in [0.25, 0.3) is 11.4 Å². The molecular formula is C15H12N4. The van der Waals surface area contributed by atoms with Gasteiger partial charge in [-0.25, -0.2) is 9.97 Å². The van der Waals surface area contributed by atoms with Gasteiger partial charge in [0.15, 0.2) is 5.82 Å². The second-order valence-corrected chi connectivity index (χ2v) is 3.99. The van der Waals surface area contributed by atoms with E-state index in [1.165, 1.54) is 0 Å². The van der Waals surface area contributed by atoms with Gasteiger partial charge in [-0.3, -0.25) is 4.98 Å². The number of pyridine rings is 1. The van der Waals surface area contributed by atoms with Crippen molar-refractivity contribution in [2.75, 3.05) is 5.32 Å². The number of hydrogen-bond donors (Lipinski definition) is 1. The van der Waals surface area contributed by atoms with Gasteiger partial charge in [-0.05, 0) is 18.2 Å². The molecule has 0 spiro atoms. The summed E-state index contributed by atoms with van der Waals surface area (Å²) in [6.07, 6.45) is 5.22. The Balaban J connectivity index is 1.89. The van der Waals surface area contributed by atoms with Crippen LogP contribution in [-0.4, -0.2) is 15.0 Å². The number of hydrogen-bond acceptors (Lipinski definition) is 4. The number of anilines is 2. The van der Waals surface area contributed by atoms with Crippen molar-refractivity contribution in [3.05, 3.63) is 67.1 Å². The molecule has 0 atom stereocenters. The zero-order valence-corrected chi connectivity index (χ0v) is 10.2. The Hall–Kier alpha value is -2.75. The van der Waals surface area contributed by atoms with E-state index in [0.29, 0.717) is 5.82 Å². The summed E-state index contributed by atoms with van der Waals surface area (Å²) < 4.78 is 0. The second kappa shape index (κ2) is 5.27. The van der Waals surface area contributed by atoms with E-state index in [2.05, 4.69) is 20.3 Å². The average molecular weight is 248 g/mol. The van der Waals surface area contributed by atoms with Crippen molar-refractivity contribution in [3.63, 3.8) is 0 Å². The molecule has 3 rings (SSSR count). The van der Waals surface area contributed by atoms with Gasteiger partial charge in [0.25, 0.3) is 0 Å². The molecule has 2 aromatic heterocycles. The van der Waals surface area contributed by atoms with E-state index in [4.69, 9.17) is 0 Å². The maximum atomic E-state index is 4.50. The Morgan fingerprint density at radius 1 is 0.789 bits per heavy atom. The molecule has 0 bridgehead atoms. The van der Waals surface area contributed by atoms with Crippen LogP contribution < -0.4 is 5.32 Å². The molecule has 3 aromatic rings. The van der Waals surface area contributed by atoms with Crippen molar-refractivity contribution in [1.82, 2.24) is 15.0 Å². The summed E-state index contributed by atoms with van der Waals surface area (Å²) in [7, 11) is 0. The van der Waals surface area contributed by atoms with Gasteiger partial charge < -0.3 is 5.32 Å². The van der Waals surface area contributed by atoms with Crippen LogP contribution in [0.1, 0.15) is 0 Å². The molecule has 0 aliphatic heterocycles. The van der Waals surface area contributed by atoms with Gasteiger partial charge in [-0.15, -0.1) is 0 Å². The minimum absolute atomic E-state index is 0.708. The highest BCUT2D eigenvalue weighted by Gasteiger charge is 2.02. The predicted octanol–water partition coefficient (Wildman–Crippen LogP) is 3.28. The third kappa shape index (κ3) is 2.74. The van der Waals surface area contributed by atoms with Crippen molar-refractivity contribution in [2.45, 2.75) is 0 Å². The normalized spacial score (nSPS) is 10.1. The molecule has 4 heteroatoms. The first kappa shape index (κ1) is 11.3. The second-order valence-electron chi connectivity index (χ2n) is 3.99. The molecule has 4 nitrogen and oxygen atoms in total. The van der Waals surface area contributed by atoms with E-state index in [0.717, 1.165) is 17.1 Å². The van der Waals surface area contributed by atoms with Crippen LogP contribution in [0.3, 0.4) is 0 Å². The van der Waals surface area contributed by atoms with Gasteiger partial charge in [0, 0.05) is 29.8 Å². The molecule has 2 heterocycles. The van der Waals surface area contributed by atoms with Gasteiger partial charge in [-0.2, -0.15) is 0 Å². The van der Waals surface area contributed by atoms with Crippen LogP contribution >= 0.6 is 0 Å². The van der Waals surface area contributed by atoms with Crippen molar-refractivity contribution < 1.29 is 0 Å². The Kier molecular flexibility index (Phi) is 3.14. The summed E-state index contributed by atoms with van der Waals surface area (Å²) in [6, 6.07) is 15.5. The van der Waals surface area contributed by atoms with Crippen molar-refractivity contribution in [2.24, 2.45) is 0 Å². The Morgan fingerprint density at radius 2 is 1.58 bits per heavy atom. The zero-order valence-electron chi connectivity index (χ0n) is 10.2. The first-order valence-electron chi connectivity index (χ1n) is 5.97. The molecular weight excluding hydrogens is 236 g/mol. The molecule has 0 fully saturated rings. The van der Waals surface area contributed by atoms with Gasteiger partial charge in [0.1, 0.15) is 5.82 Å². The zero-order chi connectivity index (χ0) is 12.9. The lowest BCUT2D eigenvalue weighted by molar-refractivity contribution is 1.17. The Labute approximate surface area is 111 Å². The minimum Gasteiger partial charge on any atom is -0.340 e. The molecule has 0 aliphatic rings. The lowest BCUT2D eigenvalue weighted by Gasteiger charge is -2.06. The molecule has 0 aliphatic carbocycles. The highest BCUT2D eigenvalue weighted by Crippen LogP contribution is 2.18. The highest BCUT2D eigenvalue weighted by atomic mass is 15.0. The maximum absolute atomic E-state index is 4.50. The molecule has 0 saturated heterocycles. The topological polar surface area (TPSA) is 50.7 Å². The molecule has 19 heavy (non-hydrogen) atoms. The summed E-state index contributed by atoms with van der Waals surface area (Å²) in [6.45, 7) is 0. The van der Waals surface area contributed by atoms with Crippen LogP contribution in [-0.2, 0) is 0 Å². The van der Waals surface area contributed by atoms with E-state index in [9.17, 15) is 0 Å². The quantitative estimate of drug-likeness (QED) is 0.772. The van der Waals surface area contributed by atoms with Gasteiger partial charge in [-0.1, -0.05) is 30.3 Å². The van der Waals surface area contributed by atoms with Gasteiger partial charge in [0.05, 0.1) is 0 Å². The third-order valence-corrected chi connectivity index (χ3v) is 2.64. The van der Waals surface area contributed by atoms with E-state index in [1.807, 2.05) is 48.5 Å². The van der Waals surface area contributed by atoms with E-state index in [-0.39, 0.29) is 0 Å². The fourth-order valence-electron chi connectivity index (χ4n) is 1.74. The summed E-state index contributed by atoms with van der Waals surface area (Å²) >= 11 is 0. The van der Waals surface area contributed by atoms with Crippen LogP contribution in [0.4, 0.5) is 11.5 Å². The Morgan fingerprint density at radius 3 is 2.37 bits per heavy atom. The molecule has 92 valence electrons. The first-order valence-corrected chi connectivity index (χ1v) is 5.97. The van der Waals surface area contributed by atoms with E-state index in [1.54, 1.807) is 18.6 Å². The number of nitrogens with one attached hydrogen (secondary N) is 1. The van der Waals surface area contributed by atoms with Crippen LogP contribution in [0.2, 0.25) is 0 Å². The van der Waals surface area contributed by atoms with Crippen molar-refractivity contribution >= 4 is 11.5 Å². The van der Waals surface area contributed by atoms with Crippen molar-refractivity contribution in [3.8, 4) is 11.4 Å². The molecule has 0 unspecified atom stereocenters. The molecule has 0 radical (unpaired) electrons. The lowest BCUT2D eigenvalue weighted by atomic mass is 10.2. The van der Waals surface area contributed by atoms with E-state index < -0.39 is 0 Å². The van der Waals surface area contributed by atoms with Gasteiger partial charge >= 0.3 is 0 Å². The fourth-order valence-corrected chi connectivity index (χ4v) is 1.74. The van der Waals surface area contributed by atoms with Crippen molar-refractivity contribution in [1.29, 1.82) is 0 Å². The van der Waals surface area contributed by atoms with Crippen LogP contribution in [0.5, 0.6) is 0 Å². The third-order valence-electron chi connectivity index (χ3n) is 2.64. The maximum Gasteiger partial charge on any atom is 0.161 e. The lowest BCUT2D eigenvalue weighted by Crippen LogP contribution is -1.96. The first-order chi connectivity index (χ1) is 9.42. The summed E-state index contributed by atoms with van der Waals surface area (Å²) in [5.41, 5.74) is 1.95. The SMILES string of the molecule is c1ccc(-c2nccc(Nc3ccncc3)n2)cc1. The average Bonchev–Trinajstić information content (AvgIpc) is 2.49. The van der Waals surface area contributed by atoms with Gasteiger partial charge in [0.2, 0.25) is 0 Å². The standard InChI is InChI=1S/C15H12N4/c1-2-4-12(5-3-1)15-17-11-8-14(19-15)18-13-6-9-16-10-7-13/h1-11H,(H,16,17,18,19). The molecule has 0 saturated carbocycles.